The van der Waals surface area contributed by atoms with Gasteiger partial charge in [-0.25, -0.2) is 9.97 Å². The van der Waals surface area contributed by atoms with Crippen LogP contribution in [0.4, 0.5) is 0 Å². The van der Waals surface area contributed by atoms with Gasteiger partial charge in [0, 0.05) is 47.8 Å². The van der Waals surface area contributed by atoms with Crippen LogP contribution in [0, 0.1) is 12.3 Å². The lowest BCUT2D eigenvalue weighted by Gasteiger charge is -2.09. The molecule has 2 N–H and O–H groups in total. The summed E-state index contributed by atoms with van der Waals surface area (Å²) in [7, 11) is 0. The minimum atomic E-state index is -0.393. The molecular weight excluding hydrogens is 448 g/mol. The molecule has 1 aromatic carbocycles. The second kappa shape index (κ2) is 9.45. The van der Waals surface area contributed by atoms with Crippen LogP contribution >= 0.6 is 11.3 Å². The maximum absolute atomic E-state index is 12.6. The number of terminal acetylenes is 1. The van der Waals surface area contributed by atoms with Crippen LogP contribution < -0.4 is 10.1 Å². The molecule has 8 nitrogen and oxygen atoms in total. The molecule has 0 unspecified atom stereocenters. The molecule has 3 aromatic heterocycles. The number of ether oxygens (including phenoxy) is 1. The topological polar surface area (TPSA) is 105 Å². The van der Waals surface area contributed by atoms with Crippen LogP contribution in [-0.2, 0) is 6.61 Å². The highest BCUT2D eigenvalue weighted by Crippen LogP contribution is 2.36. The Hall–Kier alpha value is -4.03. The Labute approximate surface area is 200 Å². The monoisotopic (exact) mass is 470 g/mol. The van der Waals surface area contributed by atoms with Crippen LogP contribution in [-0.4, -0.2) is 33.1 Å². The maximum atomic E-state index is 12.6. The Balaban J connectivity index is 1.20. The third-order valence-corrected chi connectivity index (χ3v) is 6.49. The molecule has 0 saturated carbocycles. The first-order valence-corrected chi connectivity index (χ1v) is 11.8. The first-order chi connectivity index (χ1) is 16.6. The smallest absolute Gasteiger partial charge is 0.252 e. The van der Waals surface area contributed by atoms with Crippen molar-refractivity contribution in [1.29, 1.82) is 0 Å². The van der Waals surface area contributed by atoms with Crippen LogP contribution in [0.25, 0.3) is 21.6 Å². The zero-order valence-corrected chi connectivity index (χ0v) is 19.1. The zero-order chi connectivity index (χ0) is 23.4. The predicted molar refractivity (Wildman–Crippen MR) is 131 cm³/mol. The number of H-pyrrole nitrogens is 1. The second-order valence-electron chi connectivity index (χ2n) is 7.97. The van der Waals surface area contributed by atoms with Gasteiger partial charge in [0.1, 0.15) is 18.2 Å². The van der Waals surface area contributed by atoms with Gasteiger partial charge in [0.05, 0.1) is 11.1 Å². The van der Waals surface area contributed by atoms with E-state index < -0.39 is 5.66 Å². The summed E-state index contributed by atoms with van der Waals surface area (Å²) in [6.45, 7) is 0.820. The largest absolute Gasteiger partial charge is 0.486 e. The molecule has 1 aliphatic rings. The number of fused-ring (bicyclic) bond motifs is 1. The molecule has 0 aliphatic carbocycles. The molecule has 0 atom stereocenters. The number of nitrogens with zero attached hydrogens (tertiary/aromatic N) is 4. The number of aromatic nitrogens is 3. The Morgan fingerprint density at radius 2 is 2.06 bits per heavy atom. The van der Waals surface area contributed by atoms with Crippen molar-refractivity contribution in [2.24, 2.45) is 10.2 Å². The van der Waals surface area contributed by atoms with E-state index in [9.17, 15) is 4.79 Å². The van der Waals surface area contributed by atoms with Gasteiger partial charge < -0.3 is 15.0 Å². The number of nitrogens with one attached hydrogen (secondary N) is 2. The number of imidazole rings is 1. The van der Waals surface area contributed by atoms with Crippen LogP contribution in [0.1, 0.15) is 35.4 Å². The number of hydrogen-bond donors (Lipinski definition) is 2. The number of thiophene rings is 1. The van der Waals surface area contributed by atoms with Crippen molar-refractivity contribution in [3.8, 4) is 28.5 Å². The van der Waals surface area contributed by atoms with Crippen molar-refractivity contribution >= 4 is 28.4 Å². The number of benzene rings is 1. The first kappa shape index (κ1) is 21.8. The van der Waals surface area contributed by atoms with Crippen molar-refractivity contribution in [3.63, 3.8) is 0 Å². The minimum absolute atomic E-state index is 0.119. The lowest BCUT2D eigenvalue weighted by molar-refractivity contribution is 0.0952. The SMILES string of the molecule is C#CCCC1(CCNC(=O)c2csc(-c3cnc4nc(COc5ccccc5)[nH]c4c3)c2)N=N1. The average molecular weight is 471 g/mol. The van der Waals surface area contributed by atoms with Gasteiger partial charge in [0.15, 0.2) is 11.3 Å². The minimum Gasteiger partial charge on any atom is -0.486 e. The summed E-state index contributed by atoms with van der Waals surface area (Å²) in [4.78, 5) is 25.8. The molecule has 170 valence electrons. The lowest BCUT2D eigenvalue weighted by Crippen LogP contribution is -2.28. The fraction of sp³-hybridized carbons (Fsp3) is 0.240. The summed E-state index contributed by atoms with van der Waals surface area (Å²) in [6.07, 6.45) is 9.10. The normalized spacial score (nSPS) is 13.5. The molecule has 9 heteroatoms. The molecule has 34 heavy (non-hydrogen) atoms. The van der Waals surface area contributed by atoms with Gasteiger partial charge in [-0.2, -0.15) is 10.2 Å². The number of pyridine rings is 1. The van der Waals surface area contributed by atoms with Gasteiger partial charge >= 0.3 is 0 Å². The third kappa shape index (κ3) is 4.97. The van der Waals surface area contributed by atoms with Crippen molar-refractivity contribution in [3.05, 3.63) is 65.4 Å². The summed E-state index contributed by atoms with van der Waals surface area (Å²) < 4.78 is 5.76. The van der Waals surface area contributed by atoms with E-state index in [1.165, 1.54) is 11.3 Å². The number of amides is 1. The second-order valence-corrected chi connectivity index (χ2v) is 8.88. The fourth-order valence-corrected chi connectivity index (χ4v) is 4.45. The van der Waals surface area contributed by atoms with E-state index >= 15 is 0 Å². The van der Waals surface area contributed by atoms with Gasteiger partial charge in [-0.05, 0) is 24.3 Å². The molecule has 0 bridgehead atoms. The highest BCUT2D eigenvalue weighted by molar-refractivity contribution is 7.13. The quantitative estimate of drug-likeness (QED) is 0.320. The van der Waals surface area contributed by atoms with Crippen molar-refractivity contribution in [2.75, 3.05) is 6.54 Å². The summed E-state index contributed by atoms with van der Waals surface area (Å²) in [5.74, 6) is 3.97. The van der Waals surface area contributed by atoms with Gasteiger partial charge in [0.2, 0.25) is 0 Å². The maximum Gasteiger partial charge on any atom is 0.252 e. The summed E-state index contributed by atoms with van der Waals surface area (Å²) in [5.41, 5.74) is 2.58. The molecule has 1 amide bonds. The number of hydrogen-bond acceptors (Lipinski definition) is 7. The fourth-order valence-electron chi connectivity index (χ4n) is 3.57. The van der Waals surface area contributed by atoms with E-state index in [-0.39, 0.29) is 5.91 Å². The van der Waals surface area contributed by atoms with E-state index in [4.69, 9.17) is 11.2 Å². The number of para-hydroxylation sites is 1. The Kier molecular flexibility index (Phi) is 6.06. The summed E-state index contributed by atoms with van der Waals surface area (Å²) in [5, 5.41) is 13.0. The Bertz CT molecular complexity index is 1380. The number of carbonyl (C=O) groups is 1. The number of aromatic amines is 1. The van der Waals surface area contributed by atoms with Crippen LogP contribution in [0.2, 0.25) is 0 Å². The van der Waals surface area contributed by atoms with Crippen molar-refractivity contribution in [2.45, 2.75) is 31.5 Å². The lowest BCUT2D eigenvalue weighted by atomic mass is 10.0. The molecule has 4 heterocycles. The average Bonchev–Trinajstić information content (AvgIpc) is 3.27. The molecule has 0 fully saturated rings. The van der Waals surface area contributed by atoms with Crippen LogP contribution in [0.15, 0.2) is 64.3 Å². The highest BCUT2D eigenvalue weighted by atomic mass is 32.1. The standard InChI is InChI=1S/C25H22N6O2S/c1-2-3-9-25(30-31-25)10-11-26-24(32)18-13-21(34-16-18)17-12-20-23(27-14-17)29-22(28-20)15-33-19-7-5-4-6-8-19/h1,4-8,12-14,16H,3,9-11,15H2,(H,26,32)(H,27,28,29). The van der Waals surface area contributed by atoms with E-state index in [2.05, 4.69) is 36.4 Å². The van der Waals surface area contributed by atoms with Crippen LogP contribution in [0.5, 0.6) is 5.75 Å². The van der Waals surface area contributed by atoms with E-state index in [0.29, 0.717) is 43.0 Å². The zero-order valence-electron chi connectivity index (χ0n) is 18.3. The van der Waals surface area contributed by atoms with Gasteiger partial charge in [-0.3, -0.25) is 4.79 Å². The van der Waals surface area contributed by atoms with E-state index in [0.717, 1.165) is 28.1 Å². The number of rotatable bonds is 10. The predicted octanol–water partition coefficient (Wildman–Crippen LogP) is 4.96. The van der Waals surface area contributed by atoms with E-state index in [1.807, 2.05) is 47.8 Å². The molecule has 0 saturated heterocycles. The highest BCUT2D eigenvalue weighted by Gasteiger charge is 2.38. The number of carbonyl (C=O) groups excluding carboxylic acids is 1. The third-order valence-electron chi connectivity index (χ3n) is 5.51. The van der Waals surface area contributed by atoms with Gasteiger partial charge in [-0.1, -0.05) is 18.2 Å². The Morgan fingerprint density at radius 3 is 2.85 bits per heavy atom. The van der Waals surface area contributed by atoms with Crippen molar-refractivity contribution < 1.29 is 9.53 Å². The summed E-state index contributed by atoms with van der Waals surface area (Å²) in [6, 6.07) is 13.5. The molecule has 0 spiro atoms. The van der Waals surface area contributed by atoms with Gasteiger partial charge in [0.25, 0.3) is 5.91 Å². The van der Waals surface area contributed by atoms with Gasteiger partial charge in [-0.15, -0.1) is 23.7 Å². The molecule has 1 aliphatic heterocycles. The van der Waals surface area contributed by atoms with Crippen molar-refractivity contribution in [1.82, 2.24) is 20.3 Å². The molecule has 5 rings (SSSR count). The first-order valence-electron chi connectivity index (χ1n) is 10.9. The molecular formula is C25H22N6O2S. The molecule has 4 aromatic rings. The molecule has 0 radical (unpaired) electrons. The van der Waals surface area contributed by atoms with E-state index in [1.54, 1.807) is 6.20 Å². The van der Waals surface area contributed by atoms with Crippen LogP contribution in [0.3, 0.4) is 0 Å². The summed E-state index contributed by atoms with van der Waals surface area (Å²) >= 11 is 1.50. The Morgan fingerprint density at radius 1 is 1.21 bits per heavy atom.